The topological polar surface area (TPSA) is 106 Å². The van der Waals surface area contributed by atoms with Crippen LogP contribution in [0.15, 0.2) is 33.8 Å². The normalized spacial score (nSPS) is 11.8. The molecule has 3 aromatic rings. The Balaban J connectivity index is 1.90. The van der Waals surface area contributed by atoms with Gasteiger partial charge in [0, 0.05) is 18.8 Å². The van der Waals surface area contributed by atoms with Crippen LogP contribution in [0, 0.1) is 13.8 Å². The van der Waals surface area contributed by atoms with Crippen LogP contribution in [-0.4, -0.2) is 30.9 Å². The summed E-state index contributed by atoms with van der Waals surface area (Å²) < 4.78 is 32.9. The van der Waals surface area contributed by atoms with E-state index in [2.05, 4.69) is 15.0 Å². The zero-order valence-electron chi connectivity index (χ0n) is 14.2. The molecule has 9 heteroatoms. The van der Waals surface area contributed by atoms with E-state index < -0.39 is 15.9 Å². The van der Waals surface area contributed by atoms with Crippen molar-refractivity contribution in [3.8, 4) is 0 Å². The van der Waals surface area contributed by atoms with Gasteiger partial charge in [0.25, 0.3) is 15.9 Å². The van der Waals surface area contributed by atoms with Crippen molar-refractivity contribution < 1.29 is 17.6 Å². The third kappa shape index (κ3) is 3.03. The van der Waals surface area contributed by atoms with Crippen LogP contribution in [-0.2, 0) is 17.1 Å². The monoisotopic (exact) mass is 362 g/mol. The number of furan rings is 1. The van der Waals surface area contributed by atoms with Crippen LogP contribution in [0.25, 0.3) is 11.0 Å². The van der Waals surface area contributed by atoms with Gasteiger partial charge in [0.05, 0.1) is 16.6 Å². The van der Waals surface area contributed by atoms with E-state index in [-0.39, 0.29) is 16.4 Å². The third-order valence-corrected chi connectivity index (χ3v) is 5.30. The molecule has 1 aromatic carbocycles. The van der Waals surface area contributed by atoms with Gasteiger partial charge >= 0.3 is 0 Å². The van der Waals surface area contributed by atoms with Crippen LogP contribution in [0.3, 0.4) is 0 Å². The van der Waals surface area contributed by atoms with Gasteiger partial charge in [0.15, 0.2) is 0 Å². The molecule has 3 rings (SSSR count). The van der Waals surface area contributed by atoms with Crippen LogP contribution in [0.1, 0.15) is 21.9 Å². The average Bonchev–Trinajstić information content (AvgIpc) is 3.08. The summed E-state index contributed by atoms with van der Waals surface area (Å²) in [4.78, 5) is 16.9. The average molecular weight is 362 g/mol. The van der Waals surface area contributed by atoms with E-state index in [0.29, 0.717) is 5.69 Å². The molecule has 0 bridgehead atoms. The lowest BCUT2D eigenvalue weighted by Gasteiger charge is -2.04. The first-order chi connectivity index (χ1) is 11.7. The van der Waals surface area contributed by atoms with Crippen LogP contribution in [0.4, 0.5) is 5.69 Å². The second kappa shape index (κ2) is 6.01. The molecule has 0 aliphatic carbocycles. The number of amides is 1. The van der Waals surface area contributed by atoms with Crippen LogP contribution < -0.4 is 10.0 Å². The molecule has 0 aliphatic rings. The number of anilines is 1. The Labute approximate surface area is 144 Å². The van der Waals surface area contributed by atoms with Gasteiger partial charge in [-0.25, -0.2) is 18.1 Å². The fraction of sp³-hybridized carbons (Fsp3) is 0.250. The number of imidazole rings is 1. The predicted octanol–water partition coefficient (Wildman–Crippen LogP) is 1.94. The molecule has 2 heterocycles. The SMILES string of the molecule is CNS(=O)(=O)c1cc(C(=O)Nc2ccc3c(c2)nc(C)n3C)c(C)o1. The van der Waals surface area contributed by atoms with Gasteiger partial charge in [0.2, 0.25) is 5.09 Å². The minimum atomic E-state index is -3.75. The molecular formula is C16H18N4O4S. The maximum atomic E-state index is 12.5. The number of carbonyl (C=O) groups excluding carboxylic acids is 1. The van der Waals surface area contributed by atoms with Crippen LogP contribution in [0.5, 0.6) is 0 Å². The Morgan fingerprint density at radius 2 is 1.96 bits per heavy atom. The zero-order valence-corrected chi connectivity index (χ0v) is 15.1. The second-order valence-corrected chi connectivity index (χ2v) is 7.44. The quantitative estimate of drug-likeness (QED) is 0.738. The van der Waals surface area contributed by atoms with Gasteiger partial charge in [-0.15, -0.1) is 0 Å². The minimum Gasteiger partial charge on any atom is -0.448 e. The number of hydrogen-bond acceptors (Lipinski definition) is 5. The maximum Gasteiger partial charge on any atom is 0.273 e. The lowest BCUT2D eigenvalue weighted by Crippen LogP contribution is -2.18. The summed E-state index contributed by atoms with van der Waals surface area (Å²) >= 11 is 0. The Bertz CT molecular complexity index is 1080. The summed E-state index contributed by atoms with van der Waals surface area (Å²) in [6, 6.07) is 6.60. The molecule has 0 fully saturated rings. The highest BCUT2D eigenvalue weighted by Gasteiger charge is 2.22. The van der Waals surface area contributed by atoms with E-state index in [4.69, 9.17) is 4.42 Å². The molecule has 0 radical (unpaired) electrons. The number of aromatic nitrogens is 2. The number of hydrogen-bond donors (Lipinski definition) is 2. The molecule has 1 amide bonds. The Kier molecular flexibility index (Phi) is 4.13. The van der Waals surface area contributed by atoms with Gasteiger partial charge in [-0.1, -0.05) is 0 Å². The van der Waals surface area contributed by atoms with E-state index in [0.717, 1.165) is 16.9 Å². The van der Waals surface area contributed by atoms with Crippen molar-refractivity contribution in [2.45, 2.75) is 18.9 Å². The standard InChI is InChI=1S/C16H18N4O4S/c1-9-12(8-15(24-9)25(22,23)17-3)16(21)19-11-5-6-14-13(7-11)18-10(2)20(14)4/h5-8,17H,1-4H3,(H,19,21). The summed E-state index contributed by atoms with van der Waals surface area (Å²) in [7, 11) is -0.554. The van der Waals surface area contributed by atoms with E-state index in [1.54, 1.807) is 12.1 Å². The lowest BCUT2D eigenvalue weighted by atomic mass is 10.2. The largest absolute Gasteiger partial charge is 0.448 e. The smallest absolute Gasteiger partial charge is 0.273 e. The number of rotatable bonds is 4. The van der Waals surface area contributed by atoms with Crippen molar-refractivity contribution in [1.29, 1.82) is 0 Å². The molecule has 2 aromatic heterocycles. The molecule has 0 aliphatic heterocycles. The Hall–Kier alpha value is -2.65. The first-order valence-electron chi connectivity index (χ1n) is 7.51. The van der Waals surface area contributed by atoms with Crippen molar-refractivity contribution >= 4 is 32.7 Å². The van der Waals surface area contributed by atoms with Crippen LogP contribution >= 0.6 is 0 Å². The van der Waals surface area contributed by atoms with Gasteiger partial charge in [0.1, 0.15) is 11.6 Å². The van der Waals surface area contributed by atoms with E-state index in [1.165, 1.54) is 20.0 Å². The first-order valence-corrected chi connectivity index (χ1v) is 8.99. The molecule has 0 spiro atoms. The second-order valence-electron chi connectivity index (χ2n) is 5.62. The molecule has 8 nitrogen and oxygen atoms in total. The van der Waals surface area contributed by atoms with Crippen LogP contribution in [0.2, 0.25) is 0 Å². The number of benzene rings is 1. The number of nitrogens with zero attached hydrogens (tertiary/aromatic N) is 2. The van der Waals surface area contributed by atoms with E-state index in [1.807, 2.05) is 24.6 Å². The van der Waals surface area contributed by atoms with Gasteiger partial charge in [-0.05, 0) is 39.1 Å². The minimum absolute atomic E-state index is 0.158. The number of fused-ring (bicyclic) bond motifs is 1. The molecule has 0 unspecified atom stereocenters. The molecule has 2 N–H and O–H groups in total. The Morgan fingerprint density at radius 3 is 2.64 bits per heavy atom. The molecule has 25 heavy (non-hydrogen) atoms. The van der Waals surface area contributed by atoms with Crippen molar-refractivity contribution in [3.05, 3.63) is 41.4 Å². The first kappa shape index (κ1) is 17.2. The highest BCUT2D eigenvalue weighted by atomic mass is 32.2. The summed E-state index contributed by atoms with van der Waals surface area (Å²) in [6.45, 7) is 3.44. The molecule has 0 saturated carbocycles. The van der Waals surface area contributed by atoms with Crippen molar-refractivity contribution in [1.82, 2.24) is 14.3 Å². The Morgan fingerprint density at radius 1 is 1.24 bits per heavy atom. The summed E-state index contributed by atoms with van der Waals surface area (Å²) in [5.74, 6) is 0.637. The van der Waals surface area contributed by atoms with Crippen molar-refractivity contribution in [2.24, 2.45) is 7.05 Å². The third-order valence-electron chi connectivity index (χ3n) is 4.04. The number of aryl methyl sites for hydroxylation is 3. The fourth-order valence-electron chi connectivity index (χ4n) is 2.51. The molecular weight excluding hydrogens is 344 g/mol. The van der Waals surface area contributed by atoms with E-state index in [9.17, 15) is 13.2 Å². The molecule has 132 valence electrons. The van der Waals surface area contributed by atoms with Gasteiger partial charge in [-0.2, -0.15) is 0 Å². The van der Waals surface area contributed by atoms with Gasteiger partial charge in [-0.3, -0.25) is 4.79 Å². The summed E-state index contributed by atoms with van der Waals surface area (Å²) in [5, 5.41) is 2.44. The highest BCUT2D eigenvalue weighted by molar-refractivity contribution is 7.89. The van der Waals surface area contributed by atoms with Crippen molar-refractivity contribution in [2.75, 3.05) is 12.4 Å². The number of nitrogens with one attached hydrogen (secondary N) is 2. The fourth-order valence-corrected chi connectivity index (χ4v) is 3.22. The number of sulfonamides is 1. The molecule has 0 atom stereocenters. The lowest BCUT2D eigenvalue weighted by molar-refractivity contribution is 0.102. The molecule has 0 saturated heterocycles. The zero-order chi connectivity index (χ0) is 18.4. The predicted molar refractivity (Wildman–Crippen MR) is 93.1 cm³/mol. The van der Waals surface area contributed by atoms with E-state index >= 15 is 0 Å². The maximum absolute atomic E-state index is 12.5. The number of carbonyl (C=O) groups is 1. The van der Waals surface area contributed by atoms with Crippen molar-refractivity contribution in [3.63, 3.8) is 0 Å². The summed E-state index contributed by atoms with van der Waals surface area (Å²) in [6.07, 6.45) is 0. The highest BCUT2D eigenvalue weighted by Crippen LogP contribution is 2.22. The summed E-state index contributed by atoms with van der Waals surface area (Å²) in [5.41, 5.74) is 2.44. The van der Waals surface area contributed by atoms with Gasteiger partial charge < -0.3 is 14.3 Å².